The molecule has 2 heteroatoms. The summed E-state index contributed by atoms with van der Waals surface area (Å²) in [5.74, 6) is 1.20. The van der Waals surface area contributed by atoms with Crippen LogP contribution in [0.2, 0.25) is 0 Å². The molecule has 0 amide bonds. The Labute approximate surface area is 75.2 Å². The number of hydrogen-bond donors (Lipinski definition) is 2. The van der Waals surface area contributed by atoms with Crippen molar-refractivity contribution < 1.29 is 5.11 Å². The van der Waals surface area contributed by atoms with Crippen LogP contribution in [0.4, 0.5) is 0 Å². The molecule has 1 saturated carbocycles. The average molecular weight is 171 g/mol. The van der Waals surface area contributed by atoms with Gasteiger partial charge in [0, 0.05) is 0 Å². The van der Waals surface area contributed by atoms with Crippen molar-refractivity contribution in [2.24, 2.45) is 17.6 Å². The van der Waals surface area contributed by atoms with Crippen molar-refractivity contribution in [3.63, 3.8) is 0 Å². The summed E-state index contributed by atoms with van der Waals surface area (Å²) in [6.07, 6.45) is 5.53. The van der Waals surface area contributed by atoms with Gasteiger partial charge in [0.15, 0.2) is 0 Å². The van der Waals surface area contributed by atoms with Crippen LogP contribution in [0.1, 0.15) is 39.0 Å². The summed E-state index contributed by atoms with van der Waals surface area (Å²) in [7, 11) is 0. The van der Waals surface area contributed by atoms with Gasteiger partial charge in [-0.2, -0.15) is 0 Å². The van der Waals surface area contributed by atoms with Crippen molar-refractivity contribution >= 4 is 0 Å². The Morgan fingerprint density at radius 1 is 1.42 bits per heavy atom. The Kier molecular flexibility index (Phi) is 4.02. The summed E-state index contributed by atoms with van der Waals surface area (Å²) in [5.41, 5.74) is 5.63. The van der Waals surface area contributed by atoms with Crippen molar-refractivity contribution in [2.75, 3.05) is 6.54 Å². The topological polar surface area (TPSA) is 46.2 Å². The van der Waals surface area contributed by atoms with Crippen LogP contribution in [0, 0.1) is 11.8 Å². The molecular formula is C10H21NO. The third-order valence-electron chi connectivity index (χ3n) is 3.04. The van der Waals surface area contributed by atoms with Crippen LogP contribution in [0.5, 0.6) is 0 Å². The summed E-state index contributed by atoms with van der Waals surface area (Å²) >= 11 is 0. The number of rotatable bonds is 3. The maximum absolute atomic E-state index is 9.67. The number of hydrogen-bond acceptors (Lipinski definition) is 2. The van der Waals surface area contributed by atoms with Crippen molar-refractivity contribution in [1.82, 2.24) is 0 Å². The molecule has 0 spiro atoms. The first-order valence-corrected chi connectivity index (χ1v) is 5.16. The van der Waals surface area contributed by atoms with Gasteiger partial charge in [0.2, 0.25) is 0 Å². The van der Waals surface area contributed by atoms with E-state index >= 15 is 0 Å². The minimum atomic E-state index is -0.0484. The molecule has 0 aliphatic heterocycles. The molecule has 0 radical (unpaired) electrons. The Morgan fingerprint density at radius 2 is 2.17 bits per heavy atom. The lowest BCUT2D eigenvalue weighted by Gasteiger charge is -2.32. The van der Waals surface area contributed by atoms with Crippen LogP contribution in [-0.2, 0) is 0 Å². The lowest BCUT2D eigenvalue weighted by Crippen LogP contribution is -2.32. The Balaban J connectivity index is 2.36. The maximum atomic E-state index is 9.67. The molecule has 1 aliphatic carbocycles. The molecule has 0 aromatic rings. The fourth-order valence-corrected chi connectivity index (χ4v) is 2.24. The highest BCUT2D eigenvalue weighted by Crippen LogP contribution is 2.31. The van der Waals surface area contributed by atoms with E-state index in [0.717, 1.165) is 32.2 Å². The van der Waals surface area contributed by atoms with E-state index in [9.17, 15) is 5.11 Å². The molecule has 3 N–H and O–H groups in total. The third kappa shape index (κ3) is 2.46. The predicted octanol–water partition coefficient (Wildman–Crippen LogP) is 1.52. The van der Waals surface area contributed by atoms with Gasteiger partial charge in [-0.25, -0.2) is 0 Å². The molecule has 72 valence electrons. The highest BCUT2D eigenvalue weighted by molar-refractivity contribution is 4.79. The molecule has 3 atom stereocenters. The van der Waals surface area contributed by atoms with Gasteiger partial charge in [-0.1, -0.05) is 13.3 Å². The quantitative estimate of drug-likeness (QED) is 0.676. The fraction of sp³-hybridized carbons (Fsp3) is 1.00. The van der Waals surface area contributed by atoms with Crippen molar-refractivity contribution in [1.29, 1.82) is 0 Å². The summed E-state index contributed by atoms with van der Waals surface area (Å²) in [6.45, 7) is 2.98. The Bertz CT molecular complexity index is 127. The van der Waals surface area contributed by atoms with Gasteiger partial charge in [0.05, 0.1) is 6.10 Å². The SMILES string of the molecule is CCCC1CC(CN)CCC1O. The smallest absolute Gasteiger partial charge is 0.0568 e. The largest absolute Gasteiger partial charge is 0.393 e. The lowest BCUT2D eigenvalue weighted by atomic mass is 9.77. The van der Waals surface area contributed by atoms with Gasteiger partial charge in [-0.15, -0.1) is 0 Å². The van der Waals surface area contributed by atoms with Gasteiger partial charge in [-0.05, 0) is 44.1 Å². The monoisotopic (exact) mass is 171 g/mol. The molecule has 2 nitrogen and oxygen atoms in total. The van der Waals surface area contributed by atoms with Gasteiger partial charge in [-0.3, -0.25) is 0 Å². The predicted molar refractivity (Wildman–Crippen MR) is 50.8 cm³/mol. The van der Waals surface area contributed by atoms with Crippen LogP contribution < -0.4 is 5.73 Å². The average Bonchev–Trinajstić information content (AvgIpc) is 2.09. The first-order valence-electron chi connectivity index (χ1n) is 5.16. The maximum Gasteiger partial charge on any atom is 0.0568 e. The van der Waals surface area contributed by atoms with Crippen LogP contribution in [-0.4, -0.2) is 17.8 Å². The summed E-state index contributed by atoms with van der Waals surface area (Å²) in [6, 6.07) is 0. The summed E-state index contributed by atoms with van der Waals surface area (Å²) < 4.78 is 0. The summed E-state index contributed by atoms with van der Waals surface area (Å²) in [4.78, 5) is 0. The third-order valence-corrected chi connectivity index (χ3v) is 3.04. The molecule has 0 saturated heterocycles. The molecule has 3 unspecified atom stereocenters. The van der Waals surface area contributed by atoms with E-state index in [1.807, 2.05) is 0 Å². The summed E-state index contributed by atoms with van der Waals surface area (Å²) in [5, 5.41) is 9.67. The van der Waals surface area contributed by atoms with E-state index in [4.69, 9.17) is 5.73 Å². The molecule has 1 fully saturated rings. The van der Waals surface area contributed by atoms with Gasteiger partial charge >= 0.3 is 0 Å². The number of aliphatic hydroxyl groups excluding tert-OH is 1. The van der Waals surface area contributed by atoms with Gasteiger partial charge in [0.25, 0.3) is 0 Å². The van der Waals surface area contributed by atoms with E-state index in [2.05, 4.69) is 6.92 Å². The van der Waals surface area contributed by atoms with Crippen LogP contribution in [0.3, 0.4) is 0 Å². The molecule has 0 aromatic carbocycles. The minimum absolute atomic E-state index is 0.0484. The van der Waals surface area contributed by atoms with Crippen LogP contribution in [0.15, 0.2) is 0 Å². The first-order chi connectivity index (χ1) is 5.77. The van der Waals surface area contributed by atoms with E-state index in [1.165, 1.54) is 6.42 Å². The Morgan fingerprint density at radius 3 is 2.75 bits per heavy atom. The molecule has 0 heterocycles. The lowest BCUT2D eigenvalue weighted by molar-refractivity contribution is 0.0452. The molecule has 0 bridgehead atoms. The van der Waals surface area contributed by atoms with E-state index < -0.39 is 0 Å². The first kappa shape index (κ1) is 10.0. The number of aliphatic hydroxyl groups is 1. The molecule has 1 rings (SSSR count). The normalized spacial score (nSPS) is 36.8. The molecule has 1 aliphatic rings. The van der Waals surface area contributed by atoms with Crippen LogP contribution >= 0.6 is 0 Å². The van der Waals surface area contributed by atoms with Crippen molar-refractivity contribution in [3.8, 4) is 0 Å². The van der Waals surface area contributed by atoms with Crippen molar-refractivity contribution in [3.05, 3.63) is 0 Å². The molecule has 0 aromatic heterocycles. The van der Waals surface area contributed by atoms with Crippen LogP contribution in [0.25, 0.3) is 0 Å². The highest BCUT2D eigenvalue weighted by Gasteiger charge is 2.27. The van der Waals surface area contributed by atoms with Crippen molar-refractivity contribution in [2.45, 2.75) is 45.1 Å². The van der Waals surface area contributed by atoms with E-state index in [1.54, 1.807) is 0 Å². The second-order valence-electron chi connectivity index (χ2n) is 4.03. The second kappa shape index (κ2) is 4.83. The number of nitrogens with two attached hydrogens (primary N) is 1. The molecule has 12 heavy (non-hydrogen) atoms. The minimum Gasteiger partial charge on any atom is -0.393 e. The standard InChI is InChI=1S/C10H21NO/c1-2-3-9-6-8(7-11)4-5-10(9)12/h8-10,12H,2-7,11H2,1H3. The highest BCUT2D eigenvalue weighted by atomic mass is 16.3. The Hall–Kier alpha value is -0.0800. The fourth-order valence-electron chi connectivity index (χ4n) is 2.24. The zero-order valence-corrected chi connectivity index (χ0v) is 8.00. The zero-order chi connectivity index (χ0) is 8.97. The second-order valence-corrected chi connectivity index (χ2v) is 4.03. The van der Waals surface area contributed by atoms with E-state index in [0.29, 0.717) is 11.8 Å². The van der Waals surface area contributed by atoms with Gasteiger partial charge in [0.1, 0.15) is 0 Å². The van der Waals surface area contributed by atoms with E-state index in [-0.39, 0.29) is 6.10 Å². The van der Waals surface area contributed by atoms with Gasteiger partial charge < -0.3 is 10.8 Å². The zero-order valence-electron chi connectivity index (χ0n) is 8.00. The molecular weight excluding hydrogens is 150 g/mol.